The van der Waals surface area contributed by atoms with Gasteiger partial charge in [-0.1, -0.05) is 60.7 Å². The maximum Gasteiger partial charge on any atom is 0.141 e. The van der Waals surface area contributed by atoms with Crippen LogP contribution in [0.1, 0.15) is 16.7 Å². The lowest BCUT2D eigenvalue weighted by Crippen LogP contribution is -2.06. The highest BCUT2D eigenvalue weighted by Crippen LogP contribution is 2.27. The van der Waals surface area contributed by atoms with E-state index in [1.165, 1.54) is 0 Å². The molecule has 1 aliphatic rings. The van der Waals surface area contributed by atoms with E-state index in [1.807, 2.05) is 55.5 Å². The highest BCUT2D eigenvalue weighted by Gasteiger charge is 2.04. The summed E-state index contributed by atoms with van der Waals surface area (Å²) in [6.07, 6.45) is 11.4. The summed E-state index contributed by atoms with van der Waals surface area (Å²) in [6.45, 7) is 1.97. The molecule has 26 heavy (non-hydrogen) atoms. The summed E-state index contributed by atoms with van der Waals surface area (Å²) in [6, 6.07) is 13.8. The van der Waals surface area contributed by atoms with Crippen molar-refractivity contribution < 1.29 is 5.11 Å². The second kappa shape index (κ2) is 9.18. The fourth-order valence-corrected chi connectivity index (χ4v) is 2.41. The van der Waals surface area contributed by atoms with Crippen LogP contribution in [0.2, 0.25) is 0 Å². The SMILES string of the molecule is Cc1cc(N)c(O)c(C/C=C/c2ccccc2)c1.N=C1C=CC=CC1=N. The minimum Gasteiger partial charge on any atom is -0.505 e. The molecule has 0 radical (unpaired) electrons. The molecule has 4 nitrogen and oxygen atoms in total. The van der Waals surface area contributed by atoms with Gasteiger partial charge < -0.3 is 10.8 Å². The molecule has 0 bridgehead atoms. The van der Waals surface area contributed by atoms with Crippen molar-refractivity contribution in [2.24, 2.45) is 0 Å². The van der Waals surface area contributed by atoms with Gasteiger partial charge in [-0.05, 0) is 42.7 Å². The van der Waals surface area contributed by atoms with Crippen LogP contribution < -0.4 is 5.73 Å². The Hall–Kier alpha value is -3.40. The zero-order valence-corrected chi connectivity index (χ0v) is 14.7. The number of rotatable bonds is 3. The van der Waals surface area contributed by atoms with Gasteiger partial charge in [0.15, 0.2) is 0 Å². The molecule has 0 atom stereocenters. The monoisotopic (exact) mass is 345 g/mol. The predicted octanol–water partition coefficient (Wildman–Crippen LogP) is 4.69. The number of phenolic OH excluding ortho intramolecular Hbond substituents is 1. The Balaban J connectivity index is 0.000000254. The van der Waals surface area contributed by atoms with E-state index in [2.05, 4.69) is 0 Å². The Morgan fingerprint density at radius 2 is 1.62 bits per heavy atom. The second-order valence-electron chi connectivity index (χ2n) is 5.92. The molecule has 5 N–H and O–H groups in total. The molecule has 1 aliphatic carbocycles. The Morgan fingerprint density at radius 3 is 2.19 bits per heavy atom. The van der Waals surface area contributed by atoms with E-state index < -0.39 is 0 Å². The third-order valence-corrected chi connectivity index (χ3v) is 3.74. The fourth-order valence-electron chi connectivity index (χ4n) is 2.41. The number of hydrogen-bond donors (Lipinski definition) is 4. The molecule has 0 aliphatic heterocycles. The molecule has 0 heterocycles. The molecule has 0 saturated carbocycles. The molecular weight excluding hydrogens is 322 g/mol. The standard InChI is InChI=1S/C16H17NO.C6H6N2/c1-12-10-14(16(18)15(17)11-12)9-5-8-13-6-3-2-4-7-13;7-5-3-1-2-4-6(5)8/h2-8,10-11,18H,9,17H2,1H3;1-4,7-8H/b8-5+;. The van der Waals surface area contributed by atoms with Crippen LogP contribution in [-0.4, -0.2) is 16.5 Å². The van der Waals surface area contributed by atoms with Crippen molar-refractivity contribution in [1.29, 1.82) is 10.8 Å². The zero-order chi connectivity index (χ0) is 18.9. The lowest BCUT2D eigenvalue weighted by molar-refractivity contribution is 0.472. The first-order valence-corrected chi connectivity index (χ1v) is 8.29. The van der Waals surface area contributed by atoms with Crippen LogP contribution in [0.4, 0.5) is 5.69 Å². The summed E-state index contributed by atoms with van der Waals surface area (Å²) in [5.41, 5.74) is 9.82. The smallest absolute Gasteiger partial charge is 0.141 e. The molecule has 0 spiro atoms. The second-order valence-corrected chi connectivity index (χ2v) is 5.92. The topological polar surface area (TPSA) is 93.9 Å². The number of anilines is 1. The normalized spacial score (nSPS) is 13.0. The Labute approximate surface area is 154 Å². The number of benzene rings is 2. The molecule has 0 aromatic heterocycles. The maximum absolute atomic E-state index is 9.86. The third kappa shape index (κ3) is 5.60. The zero-order valence-electron chi connectivity index (χ0n) is 14.7. The van der Waals surface area contributed by atoms with Gasteiger partial charge in [0.05, 0.1) is 17.1 Å². The highest BCUT2D eigenvalue weighted by molar-refractivity contribution is 6.48. The molecule has 3 rings (SSSR count). The molecule has 2 aromatic carbocycles. The van der Waals surface area contributed by atoms with E-state index in [0.717, 1.165) is 16.7 Å². The van der Waals surface area contributed by atoms with Gasteiger partial charge in [0.25, 0.3) is 0 Å². The van der Waals surface area contributed by atoms with E-state index in [9.17, 15) is 5.11 Å². The van der Waals surface area contributed by atoms with Crippen LogP contribution in [-0.2, 0) is 6.42 Å². The first-order chi connectivity index (χ1) is 12.5. The Kier molecular flexibility index (Phi) is 6.68. The molecular formula is C22H23N3O. The van der Waals surface area contributed by atoms with Gasteiger partial charge in [-0.3, -0.25) is 10.8 Å². The number of aryl methyl sites for hydroxylation is 1. The summed E-state index contributed by atoms with van der Waals surface area (Å²) in [4.78, 5) is 0. The number of nitrogens with one attached hydrogen (secondary N) is 2. The molecule has 0 saturated heterocycles. The molecule has 132 valence electrons. The number of nitrogens with two attached hydrogens (primary N) is 1. The van der Waals surface area contributed by atoms with E-state index in [4.69, 9.17) is 16.6 Å². The molecule has 0 fully saturated rings. The van der Waals surface area contributed by atoms with Crippen LogP contribution in [0.15, 0.2) is 72.8 Å². The van der Waals surface area contributed by atoms with Crippen LogP contribution in [0.3, 0.4) is 0 Å². The lowest BCUT2D eigenvalue weighted by atomic mass is 10.1. The van der Waals surface area contributed by atoms with Crippen molar-refractivity contribution >= 4 is 23.2 Å². The van der Waals surface area contributed by atoms with Crippen LogP contribution in [0.25, 0.3) is 6.08 Å². The molecule has 4 heteroatoms. The summed E-state index contributed by atoms with van der Waals surface area (Å²) >= 11 is 0. The van der Waals surface area contributed by atoms with Gasteiger partial charge in [-0.2, -0.15) is 0 Å². The van der Waals surface area contributed by atoms with Crippen LogP contribution in [0, 0.1) is 17.7 Å². The van der Waals surface area contributed by atoms with Crippen molar-refractivity contribution in [3.63, 3.8) is 0 Å². The number of phenols is 1. The van der Waals surface area contributed by atoms with Crippen molar-refractivity contribution in [2.75, 3.05) is 5.73 Å². The summed E-state index contributed by atoms with van der Waals surface area (Å²) < 4.78 is 0. The summed E-state index contributed by atoms with van der Waals surface area (Å²) in [5, 5.41) is 23.9. The lowest BCUT2D eigenvalue weighted by Gasteiger charge is -2.06. The van der Waals surface area contributed by atoms with Gasteiger partial charge in [0.2, 0.25) is 0 Å². The summed E-state index contributed by atoms with van der Waals surface area (Å²) in [5.74, 6) is 0.193. The number of nitrogen functional groups attached to an aromatic ring is 1. The van der Waals surface area contributed by atoms with E-state index in [-0.39, 0.29) is 17.2 Å². The van der Waals surface area contributed by atoms with Crippen molar-refractivity contribution in [3.05, 3.63) is 89.5 Å². The summed E-state index contributed by atoms with van der Waals surface area (Å²) in [7, 11) is 0. The van der Waals surface area contributed by atoms with E-state index in [1.54, 1.807) is 30.4 Å². The first kappa shape index (κ1) is 18.9. The average Bonchev–Trinajstić information content (AvgIpc) is 2.63. The van der Waals surface area contributed by atoms with E-state index >= 15 is 0 Å². The van der Waals surface area contributed by atoms with Crippen LogP contribution in [0.5, 0.6) is 5.75 Å². The number of hydrogen-bond acceptors (Lipinski definition) is 4. The van der Waals surface area contributed by atoms with Crippen molar-refractivity contribution in [3.8, 4) is 5.75 Å². The predicted molar refractivity (Wildman–Crippen MR) is 110 cm³/mol. The third-order valence-electron chi connectivity index (χ3n) is 3.74. The fraction of sp³-hybridized carbons (Fsp3) is 0.0909. The average molecular weight is 345 g/mol. The molecule has 0 unspecified atom stereocenters. The highest BCUT2D eigenvalue weighted by atomic mass is 16.3. The van der Waals surface area contributed by atoms with Gasteiger partial charge >= 0.3 is 0 Å². The Bertz CT molecular complexity index is 856. The van der Waals surface area contributed by atoms with Gasteiger partial charge in [0.1, 0.15) is 5.75 Å². The van der Waals surface area contributed by atoms with Crippen molar-refractivity contribution in [1.82, 2.24) is 0 Å². The molecule has 0 amide bonds. The molecule has 2 aromatic rings. The van der Waals surface area contributed by atoms with Gasteiger partial charge in [-0.15, -0.1) is 0 Å². The minimum absolute atomic E-state index is 0.193. The minimum atomic E-state index is 0.193. The van der Waals surface area contributed by atoms with Crippen molar-refractivity contribution in [2.45, 2.75) is 13.3 Å². The number of aromatic hydroxyl groups is 1. The maximum atomic E-state index is 9.86. The largest absolute Gasteiger partial charge is 0.505 e. The van der Waals surface area contributed by atoms with Crippen LogP contribution >= 0.6 is 0 Å². The van der Waals surface area contributed by atoms with Gasteiger partial charge in [-0.25, -0.2) is 0 Å². The van der Waals surface area contributed by atoms with Gasteiger partial charge in [0, 0.05) is 5.56 Å². The van der Waals surface area contributed by atoms with E-state index in [0.29, 0.717) is 12.1 Å². The number of allylic oxidation sites excluding steroid dienone is 5. The quantitative estimate of drug-likeness (QED) is 0.369. The Morgan fingerprint density at radius 1 is 1.00 bits per heavy atom. The first-order valence-electron chi connectivity index (χ1n) is 8.29.